The summed E-state index contributed by atoms with van der Waals surface area (Å²) in [5, 5.41) is 16.5. The normalized spacial score (nSPS) is 15.0. The highest BCUT2D eigenvalue weighted by molar-refractivity contribution is 5.92. The molecule has 1 aliphatic heterocycles. The van der Waals surface area contributed by atoms with E-state index in [-0.39, 0.29) is 18.2 Å². The Morgan fingerprint density at radius 3 is 2.41 bits per heavy atom. The van der Waals surface area contributed by atoms with Gasteiger partial charge in [0.25, 0.3) is 0 Å². The maximum absolute atomic E-state index is 14.6. The summed E-state index contributed by atoms with van der Waals surface area (Å²) < 4.78 is 85.6. The zero-order chi connectivity index (χ0) is 33.7. The summed E-state index contributed by atoms with van der Waals surface area (Å²) in [4.78, 5) is 27.0. The smallest absolute Gasteiger partial charge is 0.407 e. The summed E-state index contributed by atoms with van der Waals surface area (Å²) in [6.45, 7) is 0.683. The van der Waals surface area contributed by atoms with Crippen molar-refractivity contribution in [2.24, 2.45) is 0 Å². The zero-order valence-electron chi connectivity index (χ0n) is 24.6. The zero-order valence-corrected chi connectivity index (χ0v) is 24.6. The lowest BCUT2D eigenvalue weighted by Gasteiger charge is -2.24. The number of carbonyl (C=O) groups is 2. The van der Waals surface area contributed by atoms with Gasteiger partial charge in [-0.1, -0.05) is 18.2 Å². The predicted molar refractivity (Wildman–Crippen MR) is 154 cm³/mol. The van der Waals surface area contributed by atoms with Crippen molar-refractivity contribution in [1.82, 2.24) is 15.6 Å². The van der Waals surface area contributed by atoms with Gasteiger partial charge >= 0.3 is 12.3 Å². The fourth-order valence-corrected chi connectivity index (χ4v) is 4.51. The van der Waals surface area contributed by atoms with Crippen LogP contribution in [-0.2, 0) is 20.7 Å². The highest BCUT2D eigenvalue weighted by Gasteiger charge is 2.28. The van der Waals surface area contributed by atoms with Gasteiger partial charge in [0.1, 0.15) is 12.4 Å². The number of benzene rings is 2. The number of morpholine rings is 1. The van der Waals surface area contributed by atoms with Gasteiger partial charge in [0.05, 0.1) is 49.5 Å². The number of methoxy groups -OCH3 is 1. The number of pyridine rings is 1. The molecule has 9 nitrogen and oxygen atoms in total. The molecule has 2 heterocycles. The summed E-state index contributed by atoms with van der Waals surface area (Å²) in [6, 6.07) is 12.0. The Hall–Kier alpha value is -4.68. The Morgan fingerprint density at radius 2 is 1.80 bits per heavy atom. The summed E-state index contributed by atoms with van der Waals surface area (Å²) in [5.41, 5.74) is 2.06. The minimum absolute atomic E-state index is 0.0518. The number of amides is 2. The number of alkyl carbamates (subject to hydrolysis) is 1. The monoisotopic (exact) mass is 651 g/mol. The number of nitriles is 1. The molecule has 3 N–H and O–H groups in total. The lowest BCUT2D eigenvalue weighted by atomic mass is 9.87. The topological polar surface area (TPSA) is 125 Å². The van der Waals surface area contributed by atoms with E-state index in [0.717, 1.165) is 32.0 Å². The van der Waals surface area contributed by atoms with Crippen LogP contribution in [0.3, 0.4) is 0 Å². The molecule has 0 spiro atoms. The van der Waals surface area contributed by atoms with Gasteiger partial charge in [0.15, 0.2) is 11.6 Å². The number of aromatic nitrogens is 1. The first-order valence-corrected chi connectivity index (χ1v) is 14.0. The molecule has 1 saturated heterocycles. The van der Waals surface area contributed by atoms with Crippen molar-refractivity contribution >= 4 is 17.7 Å². The molecule has 3 aromatic rings. The van der Waals surface area contributed by atoms with Crippen molar-refractivity contribution in [1.29, 1.82) is 5.26 Å². The fourth-order valence-electron chi connectivity index (χ4n) is 4.51. The molecule has 0 unspecified atom stereocenters. The summed E-state index contributed by atoms with van der Waals surface area (Å²) >= 11 is 0. The average Bonchev–Trinajstić information content (AvgIpc) is 3.04. The highest BCUT2D eigenvalue weighted by Crippen LogP contribution is 2.30. The lowest BCUT2D eigenvalue weighted by molar-refractivity contribution is -0.123. The molecular formula is C31H31F6N5O4. The number of nitrogens with one attached hydrogen (secondary N) is 3. The van der Waals surface area contributed by atoms with Crippen molar-refractivity contribution < 1.29 is 45.4 Å². The van der Waals surface area contributed by atoms with Gasteiger partial charge in [0.2, 0.25) is 5.91 Å². The van der Waals surface area contributed by atoms with Crippen molar-refractivity contribution in [3.8, 4) is 6.07 Å². The number of nitrogens with zero attached hydrogens (tertiary/aromatic N) is 2. The molecule has 15 heteroatoms. The van der Waals surface area contributed by atoms with Crippen LogP contribution in [-0.4, -0.2) is 62.6 Å². The molecule has 2 aromatic carbocycles. The number of hydrogen-bond donors (Lipinski definition) is 3. The molecule has 1 fully saturated rings. The molecule has 246 valence electrons. The van der Waals surface area contributed by atoms with E-state index in [1.54, 1.807) is 24.3 Å². The average molecular weight is 652 g/mol. The Balaban J connectivity index is 0.000000498. The number of halogens is 6. The van der Waals surface area contributed by atoms with Crippen LogP contribution in [0.2, 0.25) is 0 Å². The maximum atomic E-state index is 14.6. The Kier molecular flexibility index (Phi) is 13.3. The standard InChI is InChI=1S/C27H25F3N4O2.C4H6F3NO2/c28-23-8-5-19(11-24(23)29)22(18-3-1-17(13-31)2-4-18)12-27(35)34-26-16-33-15-25(30)21(26)7-6-20-14-32-9-10-36-20;1-10-3(9)8-2-4(5,6)7/h1-5,8,11,15-16,20,22,32H,6-7,9-10,12,14H2,(H,34,35);2H2,1H3,(H,8,9)/t20-,22-;/m1./s1. The molecule has 2 amide bonds. The van der Waals surface area contributed by atoms with Crippen LogP contribution in [0.1, 0.15) is 41.0 Å². The summed E-state index contributed by atoms with van der Waals surface area (Å²) in [7, 11) is 0.992. The number of hydrogen-bond acceptors (Lipinski definition) is 7. The van der Waals surface area contributed by atoms with Crippen molar-refractivity contribution in [3.63, 3.8) is 0 Å². The number of rotatable bonds is 9. The van der Waals surface area contributed by atoms with Crippen LogP contribution in [0.25, 0.3) is 0 Å². The van der Waals surface area contributed by atoms with E-state index in [0.29, 0.717) is 48.2 Å². The van der Waals surface area contributed by atoms with Crippen LogP contribution in [0.5, 0.6) is 0 Å². The highest BCUT2D eigenvalue weighted by atomic mass is 19.4. The van der Waals surface area contributed by atoms with Crippen molar-refractivity contribution in [2.75, 3.05) is 38.7 Å². The van der Waals surface area contributed by atoms with E-state index in [9.17, 15) is 35.9 Å². The Labute approximate surface area is 260 Å². The third-order valence-corrected chi connectivity index (χ3v) is 6.80. The number of anilines is 1. The quantitative estimate of drug-likeness (QED) is 0.266. The maximum Gasteiger partial charge on any atom is 0.407 e. The van der Waals surface area contributed by atoms with E-state index >= 15 is 0 Å². The van der Waals surface area contributed by atoms with Gasteiger partial charge in [0, 0.05) is 31.0 Å². The molecular weight excluding hydrogens is 620 g/mol. The number of carbonyl (C=O) groups excluding carboxylic acids is 2. The second-order valence-electron chi connectivity index (χ2n) is 10.1. The van der Waals surface area contributed by atoms with E-state index in [1.807, 2.05) is 6.07 Å². The van der Waals surface area contributed by atoms with Gasteiger partial charge in [-0.2, -0.15) is 18.4 Å². The van der Waals surface area contributed by atoms with Crippen LogP contribution < -0.4 is 16.0 Å². The van der Waals surface area contributed by atoms with Gasteiger partial charge in [-0.3, -0.25) is 9.78 Å². The van der Waals surface area contributed by atoms with E-state index < -0.39 is 48.1 Å². The minimum atomic E-state index is -4.38. The first-order chi connectivity index (χ1) is 21.9. The minimum Gasteiger partial charge on any atom is -0.453 e. The van der Waals surface area contributed by atoms with Gasteiger partial charge in [-0.25, -0.2) is 18.0 Å². The molecule has 46 heavy (non-hydrogen) atoms. The number of ether oxygens (including phenoxy) is 2. The van der Waals surface area contributed by atoms with Crippen molar-refractivity contribution in [2.45, 2.75) is 37.5 Å². The van der Waals surface area contributed by atoms with Gasteiger partial charge in [-0.15, -0.1) is 0 Å². The van der Waals surface area contributed by atoms with E-state index in [2.05, 4.69) is 20.4 Å². The van der Waals surface area contributed by atoms with Crippen LogP contribution in [0.4, 0.5) is 36.8 Å². The van der Waals surface area contributed by atoms with Gasteiger partial charge in [-0.05, 0) is 48.2 Å². The molecule has 1 aromatic heterocycles. The Morgan fingerprint density at radius 1 is 1.09 bits per heavy atom. The fraction of sp³-hybridized carbons (Fsp3) is 0.355. The molecule has 0 aliphatic carbocycles. The molecule has 1 aliphatic rings. The Bertz CT molecular complexity index is 1510. The van der Waals surface area contributed by atoms with Gasteiger partial charge < -0.3 is 25.4 Å². The number of alkyl halides is 3. The molecule has 0 saturated carbocycles. The third kappa shape index (κ3) is 11.4. The summed E-state index contributed by atoms with van der Waals surface area (Å²) in [5.74, 6) is -3.62. The first-order valence-electron chi connectivity index (χ1n) is 14.0. The van der Waals surface area contributed by atoms with E-state index in [4.69, 9.17) is 10.00 Å². The molecule has 2 atom stereocenters. The molecule has 4 rings (SSSR count). The third-order valence-electron chi connectivity index (χ3n) is 6.80. The second-order valence-corrected chi connectivity index (χ2v) is 10.1. The first kappa shape index (κ1) is 35.8. The van der Waals surface area contributed by atoms with Crippen LogP contribution >= 0.6 is 0 Å². The molecule has 0 radical (unpaired) electrons. The largest absolute Gasteiger partial charge is 0.453 e. The summed E-state index contributed by atoms with van der Waals surface area (Å²) in [6.07, 6.45) is -2.23. The molecule has 0 bridgehead atoms. The van der Waals surface area contributed by atoms with E-state index in [1.165, 1.54) is 17.6 Å². The predicted octanol–water partition coefficient (Wildman–Crippen LogP) is 5.36. The van der Waals surface area contributed by atoms with Crippen LogP contribution in [0, 0.1) is 28.8 Å². The van der Waals surface area contributed by atoms with Crippen LogP contribution in [0.15, 0.2) is 54.9 Å². The SMILES string of the molecule is COC(=O)NCC(F)(F)F.N#Cc1ccc([C@@H](CC(=O)Nc2cncc(F)c2CC[C@@H]2CNCCO2)c2ccc(F)c(F)c2)cc1. The lowest BCUT2D eigenvalue weighted by Crippen LogP contribution is -2.38. The van der Waals surface area contributed by atoms with Crippen molar-refractivity contribution in [3.05, 3.63) is 94.6 Å². The second kappa shape index (κ2) is 17.1.